The minimum absolute atomic E-state index is 0.136. The average molecular weight is 399 g/mol. The lowest BCUT2D eigenvalue weighted by atomic mass is 9.76. The van der Waals surface area contributed by atoms with Crippen LogP contribution < -0.4 is 5.56 Å². The van der Waals surface area contributed by atoms with Crippen LogP contribution in [0.4, 0.5) is 4.79 Å². The molecule has 1 saturated heterocycles. The van der Waals surface area contributed by atoms with E-state index in [1.54, 1.807) is 9.47 Å². The van der Waals surface area contributed by atoms with Gasteiger partial charge in [-0.2, -0.15) is 0 Å². The first-order valence-corrected chi connectivity index (χ1v) is 10.1. The van der Waals surface area contributed by atoms with E-state index in [4.69, 9.17) is 4.74 Å². The van der Waals surface area contributed by atoms with Gasteiger partial charge in [0.15, 0.2) is 0 Å². The number of piperidine rings is 1. The minimum atomic E-state index is -0.531. The molecule has 1 fully saturated rings. The molecular weight excluding hydrogens is 370 g/mol. The smallest absolute Gasteiger partial charge is 0.410 e. The fourth-order valence-electron chi connectivity index (χ4n) is 3.82. The molecule has 1 aromatic carbocycles. The topological polar surface area (TPSA) is 81.5 Å². The van der Waals surface area contributed by atoms with Crippen molar-refractivity contribution in [2.75, 3.05) is 13.1 Å². The maximum atomic E-state index is 12.3. The van der Waals surface area contributed by atoms with Gasteiger partial charge in [0.1, 0.15) is 11.9 Å². The quantitative estimate of drug-likeness (QED) is 0.720. The highest BCUT2D eigenvalue weighted by Gasteiger charge is 2.36. The van der Waals surface area contributed by atoms with Gasteiger partial charge in [0.2, 0.25) is 0 Å². The van der Waals surface area contributed by atoms with Crippen LogP contribution in [-0.4, -0.2) is 45.5 Å². The third-order valence-electron chi connectivity index (χ3n) is 5.47. The van der Waals surface area contributed by atoms with E-state index in [9.17, 15) is 14.4 Å². The summed E-state index contributed by atoms with van der Waals surface area (Å²) in [6, 6.07) is 7.55. The third-order valence-corrected chi connectivity index (χ3v) is 5.47. The van der Waals surface area contributed by atoms with Gasteiger partial charge in [-0.05, 0) is 58.6 Å². The molecule has 1 amide bonds. The van der Waals surface area contributed by atoms with E-state index in [2.05, 4.69) is 4.98 Å². The lowest BCUT2D eigenvalue weighted by Gasteiger charge is -2.38. The Kier molecular flexibility index (Phi) is 6.05. The van der Waals surface area contributed by atoms with E-state index in [0.29, 0.717) is 45.3 Å². The number of hydrogen-bond acceptors (Lipinski definition) is 5. The van der Waals surface area contributed by atoms with E-state index >= 15 is 0 Å². The number of nitrogens with zero attached hydrogens (tertiary/aromatic N) is 3. The van der Waals surface area contributed by atoms with Crippen LogP contribution in [0, 0.1) is 5.41 Å². The van der Waals surface area contributed by atoms with Crippen molar-refractivity contribution in [3.05, 3.63) is 40.8 Å². The Morgan fingerprint density at radius 3 is 2.59 bits per heavy atom. The summed E-state index contributed by atoms with van der Waals surface area (Å²) in [5.74, 6) is 0. The molecule has 2 heterocycles. The normalized spacial score (nSPS) is 16.6. The predicted molar refractivity (Wildman–Crippen MR) is 111 cm³/mol. The van der Waals surface area contributed by atoms with E-state index in [1.807, 2.05) is 45.0 Å². The number of fused-ring (bicyclic) bond motifs is 1. The second-order valence-electron chi connectivity index (χ2n) is 8.79. The molecule has 0 aliphatic carbocycles. The summed E-state index contributed by atoms with van der Waals surface area (Å²) < 4.78 is 7.15. The van der Waals surface area contributed by atoms with Crippen LogP contribution in [0.5, 0.6) is 0 Å². The second kappa shape index (κ2) is 8.35. The number of likely N-dealkylation sites (tertiary alicyclic amines) is 1. The van der Waals surface area contributed by atoms with Crippen LogP contribution in [0.3, 0.4) is 0 Å². The zero-order valence-electron chi connectivity index (χ0n) is 17.4. The van der Waals surface area contributed by atoms with Crippen molar-refractivity contribution in [2.24, 2.45) is 5.41 Å². The van der Waals surface area contributed by atoms with Crippen molar-refractivity contribution in [1.29, 1.82) is 0 Å². The van der Waals surface area contributed by atoms with Crippen molar-refractivity contribution in [3.8, 4) is 0 Å². The predicted octanol–water partition coefficient (Wildman–Crippen LogP) is 3.39. The van der Waals surface area contributed by atoms with Crippen LogP contribution in [0.15, 0.2) is 35.3 Å². The fraction of sp³-hybridized carbons (Fsp3) is 0.545. The van der Waals surface area contributed by atoms with Gasteiger partial charge >= 0.3 is 6.09 Å². The number of rotatable bonds is 5. The molecule has 2 aromatic rings. The Hall–Kier alpha value is -2.70. The summed E-state index contributed by atoms with van der Waals surface area (Å²) in [7, 11) is 0. The molecule has 29 heavy (non-hydrogen) atoms. The third kappa shape index (κ3) is 5.02. The Bertz CT molecular complexity index is 937. The lowest BCUT2D eigenvalue weighted by molar-refractivity contribution is -0.119. The zero-order chi connectivity index (χ0) is 21.1. The molecule has 0 spiro atoms. The number of benzene rings is 1. The number of carbonyl (C=O) groups is 2. The van der Waals surface area contributed by atoms with Crippen molar-refractivity contribution < 1.29 is 14.3 Å². The maximum absolute atomic E-state index is 12.3. The van der Waals surface area contributed by atoms with Crippen LogP contribution in [-0.2, 0) is 16.1 Å². The van der Waals surface area contributed by atoms with E-state index in [-0.39, 0.29) is 11.7 Å². The second-order valence-corrected chi connectivity index (χ2v) is 8.79. The van der Waals surface area contributed by atoms with Crippen LogP contribution in [0.25, 0.3) is 11.0 Å². The highest BCUT2D eigenvalue weighted by molar-refractivity contribution is 5.74. The summed E-state index contributed by atoms with van der Waals surface area (Å²) in [6.45, 7) is 7.07. The summed E-state index contributed by atoms with van der Waals surface area (Å²) >= 11 is 0. The fourth-order valence-corrected chi connectivity index (χ4v) is 3.82. The summed E-state index contributed by atoms with van der Waals surface area (Å²) in [6.07, 6.45) is 4.67. The van der Waals surface area contributed by atoms with Gasteiger partial charge in [-0.15, -0.1) is 0 Å². The molecule has 1 aliphatic rings. The molecule has 7 nitrogen and oxygen atoms in total. The first-order valence-electron chi connectivity index (χ1n) is 10.1. The molecular formula is C22H29N3O4. The number of para-hydroxylation sites is 2. The molecule has 7 heteroatoms. The van der Waals surface area contributed by atoms with Gasteiger partial charge in [-0.1, -0.05) is 12.1 Å². The number of aryl methyl sites for hydroxylation is 1. The molecule has 1 aliphatic heterocycles. The van der Waals surface area contributed by atoms with Crippen molar-refractivity contribution in [2.45, 2.75) is 58.6 Å². The first-order chi connectivity index (χ1) is 13.7. The number of aldehydes is 1. The van der Waals surface area contributed by atoms with Gasteiger partial charge in [-0.25, -0.2) is 9.78 Å². The zero-order valence-corrected chi connectivity index (χ0v) is 17.4. The largest absolute Gasteiger partial charge is 0.444 e. The Balaban J connectivity index is 1.61. The average Bonchev–Trinajstić information content (AvgIpc) is 2.69. The highest BCUT2D eigenvalue weighted by Crippen LogP contribution is 2.34. The molecule has 0 saturated carbocycles. The van der Waals surface area contributed by atoms with E-state index in [0.717, 1.165) is 17.3 Å². The number of carbonyl (C=O) groups excluding carboxylic acids is 2. The standard InChI is InChI=1S/C22H29N3O4/c1-21(2,3)29-20(28)24-13-10-22(16-26,11-14-24)9-6-12-25-18-8-5-4-7-17(18)23-15-19(25)27/h4-5,7-8,15-16H,6,9-14H2,1-3H3. The lowest BCUT2D eigenvalue weighted by Crippen LogP contribution is -2.45. The number of ether oxygens (including phenoxy) is 1. The monoisotopic (exact) mass is 399 g/mol. The van der Waals surface area contributed by atoms with Crippen LogP contribution in [0.1, 0.15) is 46.5 Å². The summed E-state index contributed by atoms with van der Waals surface area (Å²) in [5, 5.41) is 0. The molecule has 0 N–H and O–H groups in total. The minimum Gasteiger partial charge on any atom is -0.444 e. The molecule has 0 radical (unpaired) electrons. The summed E-state index contributed by atoms with van der Waals surface area (Å²) in [4.78, 5) is 42.3. The van der Waals surface area contributed by atoms with E-state index < -0.39 is 11.0 Å². The first kappa shape index (κ1) is 21.0. The molecule has 156 valence electrons. The molecule has 3 rings (SSSR count). The van der Waals surface area contributed by atoms with Crippen molar-refractivity contribution in [3.63, 3.8) is 0 Å². The van der Waals surface area contributed by atoms with Crippen LogP contribution >= 0.6 is 0 Å². The molecule has 0 bridgehead atoms. The van der Waals surface area contributed by atoms with Crippen molar-refractivity contribution >= 4 is 23.4 Å². The van der Waals surface area contributed by atoms with Crippen molar-refractivity contribution in [1.82, 2.24) is 14.5 Å². The Morgan fingerprint density at radius 2 is 1.93 bits per heavy atom. The van der Waals surface area contributed by atoms with Gasteiger partial charge in [0.25, 0.3) is 5.56 Å². The van der Waals surface area contributed by atoms with Gasteiger partial charge in [-0.3, -0.25) is 4.79 Å². The van der Waals surface area contributed by atoms with E-state index in [1.165, 1.54) is 6.20 Å². The van der Waals surface area contributed by atoms with Gasteiger partial charge in [0.05, 0.1) is 17.2 Å². The SMILES string of the molecule is CC(C)(C)OC(=O)N1CCC(C=O)(CCCn2c(=O)cnc3ccccc32)CC1. The number of amides is 1. The highest BCUT2D eigenvalue weighted by atomic mass is 16.6. The van der Waals surface area contributed by atoms with Gasteiger partial charge < -0.3 is 19.0 Å². The molecule has 1 aromatic heterocycles. The van der Waals surface area contributed by atoms with Crippen LogP contribution in [0.2, 0.25) is 0 Å². The molecule has 0 atom stereocenters. The number of hydrogen-bond donors (Lipinski definition) is 0. The Morgan fingerprint density at radius 1 is 1.24 bits per heavy atom. The van der Waals surface area contributed by atoms with Gasteiger partial charge in [0, 0.05) is 25.0 Å². The maximum Gasteiger partial charge on any atom is 0.410 e. The Labute approximate surface area is 170 Å². The number of aromatic nitrogens is 2. The summed E-state index contributed by atoms with van der Waals surface area (Å²) in [5.41, 5.74) is 0.466. The molecule has 0 unspecified atom stereocenters.